The number of nitrogens with zero attached hydrogens (tertiary/aromatic N) is 6. The van der Waals surface area contributed by atoms with Gasteiger partial charge in [-0.15, -0.1) is 0 Å². The standard InChI is InChI=1S/C24H20ClF4N7O3S/c1-14-8-21(24(27,28)29)34-36(14)22-18(13-31-23(33-22)32-16-2-3-20(26)19(25)10-16)15-9-17(12-30-11-15)40(37,38)35-4-6-39-7-5-35/h2-3,8-13H,4-7H2,1H3,(H,31,32,33). The zero-order valence-corrected chi connectivity index (χ0v) is 22.2. The number of anilines is 2. The van der Waals surface area contributed by atoms with Crippen molar-refractivity contribution in [3.63, 3.8) is 0 Å². The van der Waals surface area contributed by atoms with Crippen molar-refractivity contribution in [3.8, 4) is 16.9 Å². The molecule has 210 valence electrons. The SMILES string of the molecule is Cc1cc(C(F)(F)F)nn1-c1nc(Nc2ccc(F)c(Cl)c2)ncc1-c1cncc(S(=O)(=O)N2CCOCC2)c1. The highest BCUT2D eigenvalue weighted by molar-refractivity contribution is 7.89. The van der Waals surface area contributed by atoms with Gasteiger partial charge in [-0.25, -0.2) is 22.5 Å². The molecule has 1 aliphatic rings. The van der Waals surface area contributed by atoms with Crippen LogP contribution in [0.5, 0.6) is 0 Å². The number of aryl methyl sites for hydroxylation is 1. The molecule has 1 aromatic carbocycles. The number of halogens is 5. The fourth-order valence-electron chi connectivity index (χ4n) is 3.97. The molecular weight excluding hydrogens is 578 g/mol. The van der Waals surface area contributed by atoms with Gasteiger partial charge in [-0.2, -0.15) is 27.6 Å². The normalized spacial score (nSPS) is 14.8. The molecule has 0 bridgehead atoms. The van der Waals surface area contributed by atoms with Crippen molar-refractivity contribution < 1.29 is 30.7 Å². The average Bonchev–Trinajstić information content (AvgIpc) is 3.33. The Hall–Kier alpha value is -3.66. The van der Waals surface area contributed by atoms with Gasteiger partial charge in [0.2, 0.25) is 16.0 Å². The molecule has 1 fully saturated rings. The molecule has 0 radical (unpaired) electrons. The lowest BCUT2D eigenvalue weighted by Crippen LogP contribution is -2.40. The Morgan fingerprint density at radius 3 is 2.50 bits per heavy atom. The molecular formula is C24H20ClF4N7O3S. The van der Waals surface area contributed by atoms with Crippen molar-refractivity contribution in [2.75, 3.05) is 31.6 Å². The number of aromatic nitrogens is 5. The van der Waals surface area contributed by atoms with Crippen LogP contribution in [0.3, 0.4) is 0 Å². The van der Waals surface area contributed by atoms with E-state index in [9.17, 15) is 26.0 Å². The summed E-state index contributed by atoms with van der Waals surface area (Å²) in [4.78, 5) is 12.6. The molecule has 10 nitrogen and oxygen atoms in total. The molecule has 16 heteroatoms. The second kappa shape index (κ2) is 10.7. The van der Waals surface area contributed by atoms with Gasteiger partial charge < -0.3 is 10.1 Å². The Bertz CT molecular complexity index is 1680. The minimum atomic E-state index is -4.72. The highest BCUT2D eigenvalue weighted by atomic mass is 35.5. The first kappa shape index (κ1) is 27.9. The van der Waals surface area contributed by atoms with Gasteiger partial charge in [0.05, 0.1) is 18.2 Å². The molecule has 3 aromatic heterocycles. The lowest BCUT2D eigenvalue weighted by atomic mass is 10.1. The molecule has 1 N–H and O–H groups in total. The summed E-state index contributed by atoms with van der Waals surface area (Å²) in [7, 11) is -3.93. The van der Waals surface area contributed by atoms with E-state index < -0.39 is 27.7 Å². The van der Waals surface area contributed by atoms with Crippen molar-refractivity contribution in [2.45, 2.75) is 18.0 Å². The van der Waals surface area contributed by atoms with Gasteiger partial charge in [-0.1, -0.05) is 11.6 Å². The quantitative estimate of drug-likeness (QED) is 0.321. The maximum absolute atomic E-state index is 13.6. The molecule has 1 saturated heterocycles. The van der Waals surface area contributed by atoms with Crippen LogP contribution < -0.4 is 5.32 Å². The van der Waals surface area contributed by atoms with E-state index >= 15 is 0 Å². The predicted molar refractivity (Wildman–Crippen MR) is 136 cm³/mol. The summed E-state index contributed by atoms with van der Waals surface area (Å²) in [5.74, 6) is -0.785. The number of alkyl halides is 3. The summed E-state index contributed by atoms with van der Waals surface area (Å²) in [6.45, 7) is 2.25. The summed E-state index contributed by atoms with van der Waals surface area (Å²) in [5, 5.41) is 6.36. The van der Waals surface area contributed by atoms with Gasteiger partial charge in [0, 0.05) is 54.2 Å². The Balaban J connectivity index is 1.61. The number of nitrogens with one attached hydrogen (secondary N) is 1. The van der Waals surface area contributed by atoms with Crippen molar-refractivity contribution in [1.82, 2.24) is 29.0 Å². The van der Waals surface area contributed by atoms with E-state index in [0.717, 1.165) is 16.8 Å². The topological polar surface area (TPSA) is 115 Å². The third-order valence-corrected chi connectivity index (χ3v) is 8.11. The van der Waals surface area contributed by atoms with E-state index in [4.69, 9.17) is 16.3 Å². The van der Waals surface area contributed by atoms with Gasteiger partial charge in [0.15, 0.2) is 11.5 Å². The number of rotatable bonds is 6. The van der Waals surface area contributed by atoms with Crippen LogP contribution in [0, 0.1) is 12.7 Å². The Kier molecular flexibility index (Phi) is 7.48. The van der Waals surface area contributed by atoms with E-state index in [1.807, 2.05) is 0 Å². The fourth-order valence-corrected chi connectivity index (χ4v) is 5.55. The highest BCUT2D eigenvalue weighted by Gasteiger charge is 2.35. The zero-order chi connectivity index (χ0) is 28.7. The van der Waals surface area contributed by atoms with E-state index in [1.54, 1.807) is 0 Å². The first-order valence-corrected chi connectivity index (χ1v) is 13.5. The van der Waals surface area contributed by atoms with E-state index in [2.05, 4.69) is 25.4 Å². The molecule has 5 rings (SSSR count). The molecule has 1 aliphatic heterocycles. The third kappa shape index (κ3) is 5.63. The maximum Gasteiger partial charge on any atom is 0.435 e. The third-order valence-electron chi connectivity index (χ3n) is 5.95. The number of pyridine rings is 1. The summed E-state index contributed by atoms with van der Waals surface area (Å²) < 4.78 is 87.9. The molecule has 0 saturated carbocycles. The molecule has 0 spiro atoms. The summed E-state index contributed by atoms with van der Waals surface area (Å²) >= 11 is 5.84. The number of hydrogen-bond acceptors (Lipinski definition) is 8. The van der Waals surface area contributed by atoms with Crippen molar-refractivity contribution in [1.29, 1.82) is 0 Å². The second-order valence-electron chi connectivity index (χ2n) is 8.69. The monoisotopic (exact) mass is 597 g/mol. The summed E-state index contributed by atoms with van der Waals surface area (Å²) in [6, 6.07) is 5.99. The van der Waals surface area contributed by atoms with E-state index in [-0.39, 0.29) is 64.8 Å². The first-order chi connectivity index (χ1) is 18.9. The van der Waals surface area contributed by atoms with Crippen LogP contribution in [0.25, 0.3) is 16.9 Å². The molecule has 0 unspecified atom stereocenters. The van der Waals surface area contributed by atoms with Crippen molar-refractivity contribution in [3.05, 3.63) is 71.2 Å². The average molecular weight is 598 g/mol. The molecule has 40 heavy (non-hydrogen) atoms. The van der Waals surface area contributed by atoms with Crippen LogP contribution in [-0.2, 0) is 20.9 Å². The summed E-state index contributed by atoms with van der Waals surface area (Å²) in [5.41, 5.74) is -0.332. The number of ether oxygens (including phenoxy) is 1. The smallest absolute Gasteiger partial charge is 0.379 e. The molecule has 0 atom stereocenters. The molecule has 0 aliphatic carbocycles. The number of benzene rings is 1. The van der Waals surface area contributed by atoms with Crippen LogP contribution in [0.2, 0.25) is 5.02 Å². The maximum atomic E-state index is 13.6. The minimum Gasteiger partial charge on any atom is -0.379 e. The highest BCUT2D eigenvalue weighted by Crippen LogP contribution is 2.33. The van der Waals surface area contributed by atoms with Gasteiger partial charge in [0.25, 0.3) is 0 Å². The van der Waals surface area contributed by atoms with Gasteiger partial charge in [-0.3, -0.25) is 4.98 Å². The first-order valence-electron chi connectivity index (χ1n) is 11.7. The van der Waals surface area contributed by atoms with E-state index in [0.29, 0.717) is 5.69 Å². The molecule has 0 amide bonds. The number of hydrogen-bond donors (Lipinski definition) is 1. The van der Waals surface area contributed by atoms with Crippen LogP contribution in [0.4, 0.5) is 29.2 Å². The largest absolute Gasteiger partial charge is 0.435 e. The molecule has 4 heterocycles. The Morgan fingerprint density at radius 1 is 1.07 bits per heavy atom. The van der Waals surface area contributed by atoms with Gasteiger partial charge in [-0.05, 0) is 37.3 Å². The lowest BCUT2D eigenvalue weighted by molar-refractivity contribution is -0.141. The van der Waals surface area contributed by atoms with Crippen LogP contribution in [0.1, 0.15) is 11.4 Å². The van der Waals surface area contributed by atoms with Gasteiger partial charge in [0.1, 0.15) is 10.7 Å². The fraction of sp³-hybridized carbons (Fsp3) is 0.250. The second-order valence-corrected chi connectivity index (χ2v) is 11.0. The number of sulfonamides is 1. The zero-order valence-electron chi connectivity index (χ0n) is 20.7. The molecule has 4 aromatic rings. The van der Waals surface area contributed by atoms with E-state index in [1.165, 1.54) is 48.0 Å². The van der Waals surface area contributed by atoms with Crippen LogP contribution >= 0.6 is 11.6 Å². The lowest BCUT2D eigenvalue weighted by Gasteiger charge is -2.26. The van der Waals surface area contributed by atoms with Gasteiger partial charge >= 0.3 is 6.18 Å². The minimum absolute atomic E-state index is 0.0602. The van der Waals surface area contributed by atoms with Crippen molar-refractivity contribution in [2.24, 2.45) is 0 Å². The number of morpholine rings is 1. The summed E-state index contributed by atoms with van der Waals surface area (Å²) in [6.07, 6.45) is -0.893. The van der Waals surface area contributed by atoms with Crippen LogP contribution in [0.15, 0.2) is 53.8 Å². The Labute approximate surface area is 230 Å². The van der Waals surface area contributed by atoms with Crippen LogP contribution in [-0.4, -0.2) is 63.8 Å². The Morgan fingerprint density at radius 2 is 1.82 bits per heavy atom. The predicted octanol–water partition coefficient (Wildman–Crippen LogP) is 4.61. The van der Waals surface area contributed by atoms with Crippen molar-refractivity contribution >= 4 is 33.3 Å².